The van der Waals surface area contributed by atoms with Gasteiger partial charge in [-0.2, -0.15) is 15.0 Å². The minimum Gasteiger partial charge on any atom is -0.467 e. The lowest BCUT2D eigenvalue weighted by Crippen LogP contribution is -2.35. The van der Waals surface area contributed by atoms with E-state index in [9.17, 15) is 13.2 Å². The molecule has 12 heteroatoms. The monoisotopic (exact) mass is 475 g/mol. The van der Waals surface area contributed by atoms with Crippen LogP contribution in [0.25, 0.3) is 0 Å². The second kappa shape index (κ2) is 8.73. The van der Waals surface area contributed by atoms with Crippen LogP contribution in [0.5, 0.6) is 6.01 Å². The molecular weight excluding hydrogens is 461 g/mol. The fourth-order valence-corrected chi connectivity index (χ4v) is 3.82. The zero-order valence-corrected chi connectivity index (χ0v) is 15.0. The molecule has 2 aromatic rings. The molecule has 1 aromatic heterocycles. The molecule has 0 fully saturated rings. The molecule has 2 rings (SSSR count). The molecule has 0 saturated heterocycles. The number of nitrogens with one attached hydrogen (secondary N) is 2. The maximum absolute atomic E-state index is 12.2. The molecule has 0 aliphatic rings. The van der Waals surface area contributed by atoms with Crippen LogP contribution in [-0.4, -0.2) is 59.6 Å². The quantitative estimate of drug-likeness (QED) is 0.484. The summed E-state index contributed by atoms with van der Waals surface area (Å²) in [5.74, 6) is 0.192. The van der Waals surface area contributed by atoms with Gasteiger partial charge >= 0.3 is 35.1 Å². The van der Waals surface area contributed by atoms with Crippen molar-refractivity contribution in [1.82, 2.24) is 19.7 Å². The van der Waals surface area contributed by atoms with Crippen LogP contribution in [0.1, 0.15) is 5.82 Å². The van der Waals surface area contributed by atoms with Crippen LogP contribution in [0, 0.1) is 10.5 Å². The van der Waals surface area contributed by atoms with E-state index in [1.807, 2.05) is 27.3 Å². The molecule has 1 aromatic carbocycles. The molecule has 24 heavy (non-hydrogen) atoms. The zero-order valence-electron chi connectivity index (χ0n) is 12.1. The predicted octanol–water partition coefficient (Wildman–Crippen LogP) is 0.387. The van der Waals surface area contributed by atoms with Gasteiger partial charge in [0.1, 0.15) is 10.7 Å². The van der Waals surface area contributed by atoms with E-state index in [-0.39, 0.29) is 39.9 Å². The Balaban J connectivity index is 0.00000288. The minimum absolute atomic E-state index is 0. The van der Waals surface area contributed by atoms with Gasteiger partial charge in [-0.25, -0.2) is 17.9 Å². The van der Waals surface area contributed by atoms with Crippen molar-refractivity contribution in [2.45, 2.75) is 11.8 Å². The number of hydrogen-bond donors (Lipinski definition) is 2. The van der Waals surface area contributed by atoms with Gasteiger partial charge in [0.25, 0.3) is 10.0 Å². The number of amides is 2. The molecule has 0 saturated carbocycles. The first-order valence-corrected chi connectivity index (χ1v) is 8.73. The number of sulfonamides is 1. The topological polar surface area (TPSA) is 123 Å². The summed E-state index contributed by atoms with van der Waals surface area (Å²) in [4.78, 5) is 23.4. The Labute approximate surface area is 168 Å². The summed E-state index contributed by atoms with van der Waals surface area (Å²) in [5.41, 5.74) is 0. The summed E-state index contributed by atoms with van der Waals surface area (Å²) in [7, 11) is -2.65. The standard InChI is InChI=1S/C12H12IN5O4S.Mg.2H/c1-7-14-10(17-12(15-7)22-2)16-11(19)18-23(20,21)9-6-4-3-5-8(9)13;;;/h3-6H,1-2H3,(H2,14,15,16,17,18,19);;;. The third-order valence-corrected chi connectivity index (χ3v) is 5.18. The van der Waals surface area contributed by atoms with E-state index in [1.54, 1.807) is 25.1 Å². The van der Waals surface area contributed by atoms with Gasteiger partial charge in [0.2, 0.25) is 5.95 Å². The van der Waals surface area contributed by atoms with Gasteiger partial charge in [0.05, 0.1) is 7.11 Å². The van der Waals surface area contributed by atoms with E-state index < -0.39 is 16.1 Å². The van der Waals surface area contributed by atoms with E-state index in [1.165, 1.54) is 13.2 Å². The lowest BCUT2D eigenvalue weighted by molar-refractivity contribution is 0.256. The smallest absolute Gasteiger partial charge is 0.335 e. The first-order valence-electron chi connectivity index (χ1n) is 6.17. The van der Waals surface area contributed by atoms with Gasteiger partial charge in [0.15, 0.2) is 0 Å². The van der Waals surface area contributed by atoms with Gasteiger partial charge in [-0.1, -0.05) is 12.1 Å². The Morgan fingerprint density at radius 3 is 2.50 bits per heavy atom. The number of nitrogens with zero attached hydrogens (tertiary/aromatic N) is 3. The van der Waals surface area contributed by atoms with Crippen LogP contribution in [-0.2, 0) is 10.0 Å². The number of rotatable bonds is 4. The third-order valence-electron chi connectivity index (χ3n) is 2.49. The largest absolute Gasteiger partial charge is 0.467 e. The van der Waals surface area contributed by atoms with Crippen molar-refractivity contribution < 1.29 is 17.9 Å². The average molecular weight is 476 g/mol. The molecule has 2 amide bonds. The van der Waals surface area contributed by atoms with E-state index in [2.05, 4.69) is 20.3 Å². The number of halogens is 1. The summed E-state index contributed by atoms with van der Waals surface area (Å²) in [5, 5.41) is 2.23. The highest BCUT2D eigenvalue weighted by Gasteiger charge is 2.20. The molecule has 1 heterocycles. The number of aromatic nitrogens is 3. The Bertz CT molecular complexity index is 849. The number of methoxy groups -OCH3 is 1. The van der Waals surface area contributed by atoms with Crippen LogP contribution in [0.2, 0.25) is 0 Å². The summed E-state index contributed by atoms with van der Waals surface area (Å²) in [6.07, 6.45) is 0. The molecule has 0 spiro atoms. The van der Waals surface area contributed by atoms with Crippen molar-refractivity contribution in [1.29, 1.82) is 0 Å². The summed E-state index contributed by atoms with van der Waals surface area (Å²) in [6, 6.07) is 5.29. The maximum Gasteiger partial charge on any atom is 0.335 e. The Kier molecular flexibility index (Phi) is 7.56. The highest BCUT2D eigenvalue weighted by molar-refractivity contribution is 14.1. The third kappa shape index (κ3) is 5.39. The van der Waals surface area contributed by atoms with Gasteiger partial charge in [-0.15, -0.1) is 0 Å². The number of ether oxygens (including phenoxy) is 1. The second-order valence-electron chi connectivity index (χ2n) is 4.18. The second-order valence-corrected chi connectivity index (χ2v) is 7.00. The number of hydrogen-bond acceptors (Lipinski definition) is 7. The van der Waals surface area contributed by atoms with Crippen LogP contribution in [0.3, 0.4) is 0 Å². The minimum atomic E-state index is -4.01. The maximum atomic E-state index is 12.2. The number of urea groups is 1. The highest BCUT2D eigenvalue weighted by atomic mass is 127. The van der Waals surface area contributed by atoms with Gasteiger partial charge in [0, 0.05) is 3.57 Å². The summed E-state index contributed by atoms with van der Waals surface area (Å²) < 4.78 is 31.6. The average Bonchev–Trinajstić information content (AvgIpc) is 2.46. The lowest BCUT2D eigenvalue weighted by Gasteiger charge is -2.09. The van der Waals surface area contributed by atoms with E-state index in [0.717, 1.165) is 0 Å². The van der Waals surface area contributed by atoms with E-state index in [0.29, 0.717) is 9.39 Å². The first kappa shape index (κ1) is 20.8. The molecule has 0 bridgehead atoms. The number of aryl methyl sites for hydroxylation is 1. The van der Waals surface area contributed by atoms with Gasteiger partial charge in [-0.05, 0) is 41.6 Å². The molecule has 0 radical (unpaired) electrons. The molecule has 0 unspecified atom stereocenters. The van der Waals surface area contributed by atoms with Crippen LogP contribution in [0.15, 0.2) is 29.2 Å². The van der Waals surface area contributed by atoms with Crippen molar-refractivity contribution in [3.05, 3.63) is 33.7 Å². The van der Waals surface area contributed by atoms with Crippen molar-refractivity contribution in [3.8, 4) is 6.01 Å². The van der Waals surface area contributed by atoms with Crippen molar-refractivity contribution >= 4 is 67.6 Å². The van der Waals surface area contributed by atoms with Gasteiger partial charge < -0.3 is 4.74 Å². The van der Waals surface area contributed by atoms with Crippen LogP contribution >= 0.6 is 22.6 Å². The summed E-state index contributed by atoms with van der Waals surface area (Å²) >= 11 is 1.87. The van der Waals surface area contributed by atoms with Crippen LogP contribution in [0.4, 0.5) is 10.7 Å². The predicted molar refractivity (Wildman–Crippen MR) is 98.2 cm³/mol. The number of carbonyl (C=O) groups excluding carboxylic acids is 1. The Morgan fingerprint density at radius 1 is 1.21 bits per heavy atom. The van der Waals surface area contributed by atoms with E-state index in [4.69, 9.17) is 4.74 Å². The van der Waals surface area contributed by atoms with E-state index >= 15 is 0 Å². The summed E-state index contributed by atoms with van der Waals surface area (Å²) in [6.45, 7) is 1.58. The molecule has 0 aliphatic heterocycles. The normalized spacial score (nSPS) is 10.5. The van der Waals surface area contributed by atoms with Crippen molar-refractivity contribution in [2.75, 3.05) is 12.4 Å². The van der Waals surface area contributed by atoms with Crippen molar-refractivity contribution in [2.24, 2.45) is 0 Å². The Hall–Kier alpha value is -1.25. The zero-order chi connectivity index (χ0) is 17.0. The number of carbonyl (C=O) groups is 1. The highest BCUT2D eigenvalue weighted by Crippen LogP contribution is 2.17. The lowest BCUT2D eigenvalue weighted by atomic mass is 10.4. The van der Waals surface area contributed by atoms with Gasteiger partial charge in [-0.3, -0.25) is 5.32 Å². The fourth-order valence-electron chi connectivity index (χ4n) is 1.57. The SMILES string of the molecule is COc1nc(C)nc(NC(=O)NS(=O)(=O)c2ccccc2I)n1.[MgH2]. The van der Waals surface area contributed by atoms with Crippen LogP contribution < -0.4 is 14.8 Å². The first-order chi connectivity index (χ1) is 10.8. The number of benzene rings is 1. The molecule has 9 nitrogen and oxygen atoms in total. The molecule has 0 aliphatic carbocycles. The Morgan fingerprint density at radius 2 is 1.88 bits per heavy atom. The molecule has 2 N–H and O–H groups in total. The molecule has 0 atom stereocenters. The molecule has 126 valence electrons. The molecular formula is C12H14IMgN5O4S. The van der Waals surface area contributed by atoms with Crippen molar-refractivity contribution in [3.63, 3.8) is 0 Å². The number of anilines is 1. The fraction of sp³-hybridized carbons (Fsp3) is 0.167.